The van der Waals surface area contributed by atoms with Crippen LogP contribution in [0.1, 0.15) is 23.2 Å². The molecule has 0 amide bonds. The molecule has 3 aromatic rings. The molecule has 0 aliphatic rings. The minimum Gasteiger partial charge on any atom is -0.459 e. The van der Waals surface area contributed by atoms with Crippen molar-refractivity contribution >= 4 is 11.0 Å². The number of fused-ring (bicyclic) bond motifs is 1. The summed E-state index contributed by atoms with van der Waals surface area (Å²) >= 11 is 0. The fourth-order valence-corrected chi connectivity index (χ4v) is 2.18. The Bertz CT molecular complexity index is 672. The first kappa shape index (κ1) is 11.9. The number of para-hydroxylation sites is 1. The van der Waals surface area contributed by atoms with Crippen LogP contribution in [-0.4, -0.2) is 4.98 Å². The first-order valence-corrected chi connectivity index (χ1v) is 6.16. The number of aromatic nitrogens is 1. The van der Waals surface area contributed by atoms with Crippen molar-refractivity contribution < 1.29 is 4.42 Å². The Morgan fingerprint density at radius 1 is 1.16 bits per heavy atom. The van der Waals surface area contributed by atoms with Gasteiger partial charge in [0.2, 0.25) is 0 Å². The van der Waals surface area contributed by atoms with Crippen LogP contribution in [0, 0.1) is 6.92 Å². The summed E-state index contributed by atoms with van der Waals surface area (Å²) in [6.45, 7) is 1.95. The number of rotatable bonds is 3. The van der Waals surface area contributed by atoms with Gasteiger partial charge in [-0.15, -0.1) is 0 Å². The first-order valence-electron chi connectivity index (χ1n) is 6.16. The molecular weight excluding hydrogens is 238 g/mol. The van der Waals surface area contributed by atoms with Crippen molar-refractivity contribution in [2.24, 2.45) is 5.84 Å². The van der Waals surface area contributed by atoms with Crippen LogP contribution in [0.4, 0.5) is 0 Å². The van der Waals surface area contributed by atoms with Crippen LogP contribution in [0.3, 0.4) is 0 Å². The second-order valence-electron chi connectivity index (χ2n) is 4.49. The minimum absolute atomic E-state index is 0.243. The van der Waals surface area contributed by atoms with Gasteiger partial charge >= 0.3 is 0 Å². The summed E-state index contributed by atoms with van der Waals surface area (Å²) < 4.78 is 5.83. The van der Waals surface area contributed by atoms with Gasteiger partial charge in [0.25, 0.3) is 0 Å². The maximum atomic E-state index is 5.83. The Kier molecular flexibility index (Phi) is 3.03. The maximum absolute atomic E-state index is 5.83. The number of hydrogen-bond acceptors (Lipinski definition) is 4. The van der Waals surface area contributed by atoms with Crippen molar-refractivity contribution in [1.29, 1.82) is 0 Å². The molecule has 4 heteroatoms. The summed E-state index contributed by atoms with van der Waals surface area (Å²) in [6, 6.07) is 15.5. The van der Waals surface area contributed by atoms with Gasteiger partial charge in [-0.05, 0) is 31.2 Å². The summed E-state index contributed by atoms with van der Waals surface area (Å²) in [5.41, 5.74) is 5.42. The normalized spacial score (nSPS) is 12.7. The molecule has 0 saturated heterocycles. The number of nitrogens with zero attached hydrogens (tertiary/aromatic N) is 1. The predicted molar refractivity (Wildman–Crippen MR) is 74.4 cm³/mol. The van der Waals surface area contributed by atoms with Gasteiger partial charge in [0.05, 0.1) is 5.69 Å². The number of furan rings is 1. The number of benzene rings is 1. The second-order valence-corrected chi connectivity index (χ2v) is 4.49. The molecule has 0 aliphatic carbocycles. The third kappa shape index (κ3) is 2.23. The first-order chi connectivity index (χ1) is 9.28. The van der Waals surface area contributed by atoms with Crippen LogP contribution in [-0.2, 0) is 0 Å². The molecule has 2 aromatic heterocycles. The molecule has 1 unspecified atom stereocenters. The Hall–Kier alpha value is -2.17. The van der Waals surface area contributed by atoms with Crippen molar-refractivity contribution in [3.63, 3.8) is 0 Å². The molecule has 1 atom stereocenters. The van der Waals surface area contributed by atoms with Crippen molar-refractivity contribution in [3.05, 3.63) is 65.7 Å². The van der Waals surface area contributed by atoms with Gasteiger partial charge in [0.1, 0.15) is 17.4 Å². The summed E-state index contributed by atoms with van der Waals surface area (Å²) in [4.78, 5) is 4.49. The molecule has 0 bridgehead atoms. The fourth-order valence-electron chi connectivity index (χ4n) is 2.18. The van der Waals surface area contributed by atoms with Crippen LogP contribution in [0.5, 0.6) is 0 Å². The van der Waals surface area contributed by atoms with E-state index in [4.69, 9.17) is 10.3 Å². The zero-order chi connectivity index (χ0) is 13.2. The number of nitrogens with one attached hydrogen (secondary N) is 1. The largest absolute Gasteiger partial charge is 0.459 e. The maximum Gasteiger partial charge on any atom is 0.134 e. The highest BCUT2D eigenvalue weighted by molar-refractivity contribution is 5.77. The Morgan fingerprint density at radius 3 is 2.74 bits per heavy atom. The lowest BCUT2D eigenvalue weighted by Crippen LogP contribution is -2.29. The lowest BCUT2D eigenvalue weighted by molar-refractivity contribution is 0.471. The lowest BCUT2D eigenvalue weighted by atomic mass is 10.1. The Balaban J connectivity index is 2.06. The molecule has 0 aliphatic heterocycles. The van der Waals surface area contributed by atoms with E-state index in [-0.39, 0.29) is 6.04 Å². The zero-order valence-electron chi connectivity index (χ0n) is 10.6. The molecule has 2 heterocycles. The smallest absolute Gasteiger partial charge is 0.134 e. The zero-order valence-corrected chi connectivity index (χ0v) is 10.6. The molecule has 3 N–H and O–H groups in total. The number of pyridine rings is 1. The number of hydrazine groups is 1. The molecule has 0 fully saturated rings. The number of nitrogens with two attached hydrogens (primary N) is 1. The minimum atomic E-state index is -0.243. The van der Waals surface area contributed by atoms with Crippen LogP contribution in [0.15, 0.2) is 52.9 Å². The van der Waals surface area contributed by atoms with Gasteiger partial charge in [0, 0.05) is 11.1 Å². The van der Waals surface area contributed by atoms with Crippen molar-refractivity contribution in [1.82, 2.24) is 10.4 Å². The molecule has 96 valence electrons. The van der Waals surface area contributed by atoms with Gasteiger partial charge in [-0.3, -0.25) is 10.8 Å². The molecule has 4 nitrogen and oxygen atoms in total. The molecule has 0 saturated carbocycles. The van der Waals surface area contributed by atoms with E-state index >= 15 is 0 Å². The number of hydrogen-bond donors (Lipinski definition) is 2. The van der Waals surface area contributed by atoms with Crippen LogP contribution < -0.4 is 11.3 Å². The predicted octanol–water partition coefficient (Wildman–Crippen LogP) is 2.69. The average Bonchev–Trinajstić information content (AvgIpc) is 2.83. The van der Waals surface area contributed by atoms with Crippen molar-refractivity contribution in [2.45, 2.75) is 13.0 Å². The quantitative estimate of drug-likeness (QED) is 0.556. The van der Waals surface area contributed by atoms with Gasteiger partial charge in [-0.1, -0.05) is 24.3 Å². The van der Waals surface area contributed by atoms with E-state index in [1.54, 1.807) is 0 Å². The summed E-state index contributed by atoms with van der Waals surface area (Å²) in [6.07, 6.45) is 0. The lowest BCUT2D eigenvalue weighted by Gasteiger charge is -2.12. The highest BCUT2D eigenvalue weighted by Gasteiger charge is 2.18. The average molecular weight is 253 g/mol. The SMILES string of the molecule is Cc1cccc(C(NN)c2cc3ccccc3o2)n1. The van der Waals surface area contributed by atoms with Crippen LogP contribution >= 0.6 is 0 Å². The van der Waals surface area contributed by atoms with E-state index in [1.165, 1.54) is 0 Å². The third-order valence-corrected chi connectivity index (χ3v) is 3.10. The van der Waals surface area contributed by atoms with Crippen molar-refractivity contribution in [2.75, 3.05) is 0 Å². The van der Waals surface area contributed by atoms with E-state index in [0.717, 1.165) is 28.1 Å². The molecule has 3 rings (SSSR count). The Labute approximate surface area is 111 Å². The number of aryl methyl sites for hydroxylation is 1. The monoisotopic (exact) mass is 253 g/mol. The van der Waals surface area contributed by atoms with E-state index in [2.05, 4.69) is 10.4 Å². The summed E-state index contributed by atoms with van der Waals surface area (Å²) in [5, 5.41) is 1.06. The van der Waals surface area contributed by atoms with Gasteiger partial charge < -0.3 is 4.42 Å². The van der Waals surface area contributed by atoms with Gasteiger partial charge in [-0.2, -0.15) is 0 Å². The summed E-state index contributed by atoms with van der Waals surface area (Å²) in [7, 11) is 0. The molecular formula is C15H15N3O. The highest BCUT2D eigenvalue weighted by Crippen LogP contribution is 2.26. The summed E-state index contributed by atoms with van der Waals surface area (Å²) in [5.74, 6) is 6.42. The van der Waals surface area contributed by atoms with Crippen molar-refractivity contribution in [3.8, 4) is 0 Å². The van der Waals surface area contributed by atoms with E-state index in [9.17, 15) is 0 Å². The topological polar surface area (TPSA) is 64.1 Å². The molecule has 0 spiro atoms. The van der Waals surface area contributed by atoms with Gasteiger partial charge in [0.15, 0.2) is 0 Å². The second kappa shape index (κ2) is 4.84. The van der Waals surface area contributed by atoms with E-state index < -0.39 is 0 Å². The third-order valence-electron chi connectivity index (χ3n) is 3.10. The standard InChI is InChI=1S/C15H15N3O/c1-10-5-4-7-12(17-10)15(18-16)14-9-11-6-2-3-8-13(11)19-14/h2-9,15,18H,16H2,1H3. The van der Waals surface area contributed by atoms with Crippen LogP contribution in [0.2, 0.25) is 0 Å². The van der Waals surface area contributed by atoms with Crippen LogP contribution in [0.25, 0.3) is 11.0 Å². The van der Waals surface area contributed by atoms with Gasteiger partial charge in [-0.25, -0.2) is 5.43 Å². The Morgan fingerprint density at radius 2 is 2.00 bits per heavy atom. The van der Waals surface area contributed by atoms with E-state index in [0.29, 0.717) is 0 Å². The molecule has 0 radical (unpaired) electrons. The fraction of sp³-hybridized carbons (Fsp3) is 0.133. The molecule has 1 aromatic carbocycles. The molecule has 19 heavy (non-hydrogen) atoms. The highest BCUT2D eigenvalue weighted by atomic mass is 16.3. The van der Waals surface area contributed by atoms with E-state index in [1.807, 2.05) is 55.5 Å².